The van der Waals surface area contributed by atoms with Gasteiger partial charge in [0.1, 0.15) is 0 Å². The smallest absolute Gasteiger partial charge is 0.381 e. The van der Waals surface area contributed by atoms with E-state index in [4.69, 9.17) is 19.4 Å². The maximum Gasteiger partial charge on any atom is 0.381 e. The van der Waals surface area contributed by atoms with Gasteiger partial charge in [-0.1, -0.05) is 119 Å². The minimum Gasteiger partial charge on any atom is -0.481 e. The highest BCUT2D eigenvalue weighted by molar-refractivity contribution is 5.85. The number of nitrogens with zero attached hydrogens (tertiary/aromatic N) is 9. The van der Waals surface area contributed by atoms with Crippen LogP contribution in [0.15, 0.2) is 29.9 Å². The van der Waals surface area contributed by atoms with Crippen LogP contribution in [0, 0.1) is 163 Å². The van der Waals surface area contributed by atoms with Gasteiger partial charge in [0.15, 0.2) is 0 Å². The van der Waals surface area contributed by atoms with Crippen molar-refractivity contribution in [2.24, 2.45) is 156 Å². The molecule has 12 aliphatic carbocycles. The first-order chi connectivity index (χ1) is 48.0. The highest BCUT2D eigenvalue weighted by Gasteiger charge is 2.67. The Morgan fingerprint density at radius 1 is 0.534 bits per heavy atom. The number of ether oxygens (including phenoxy) is 2. The molecule has 0 saturated heterocycles. The summed E-state index contributed by atoms with van der Waals surface area (Å²) in [5, 5.41) is 49.1. The second kappa shape index (κ2) is 33.2. The van der Waals surface area contributed by atoms with Gasteiger partial charge < -0.3 is 24.8 Å². The van der Waals surface area contributed by atoms with Crippen molar-refractivity contribution in [2.75, 3.05) is 14.2 Å². The number of carbonyl (C=O) groups excluding carboxylic acids is 2. The minimum absolute atomic E-state index is 0. The van der Waals surface area contributed by atoms with E-state index in [9.17, 15) is 30.1 Å². The predicted octanol–water partition coefficient (Wildman–Crippen LogP) is 19.4. The number of aliphatic hydroxyl groups is 1. The Morgan fingerprint density at radius 2 is 0.883 bits per heavy atom. The highest BCUT2D eigenvalue weighted by Crippen LogP contribution is 2.74. The number of hydrogen-bond acceptors (Lipinski definition) is 12. The third-order valence-corrected chi connectivity index (χ3v) is 33.6. The average Bonchev–Trinajstić information content (AvgIpc) is 1.70. The molecule has 0 aliphatic heterocycles. The zero-order chi connectivity index (χ0) is 72.7. The number of aliphatic carboxylic acids is 2. The van der Waals surface area contributed by atoms with Crippen molar-refractivity contribution < 1.29 is 44.0 Å². The molecule has 578 valence electrons. The van der Waals surface area contributed by atoms with Gasteiger partial charge >= 0.3 is 23.9 Å². The van der Waals surface area contributed by atoms with E-state index in [1.807, 2.05) is 12.4 Å². The van der Waals surface area contributed by atoms with Crippen molar-refractivity contribution in [3.8, 4) is 12.3 Å². The molecule has 0 bridgehead atoms. The van der Waals surface area contributed by atoms with E-state index in [-0.39, 0.29) is 50.8 Å². The Labute approximate surface area is 620 Å². The maximum atomic E-state index is 11.8. The monoisotopic (exact) mass is 1430 g/mol. The molecular formula is C85H139N9O9. The number of carboxylic acids is 2. The molecule has 18 nitrogen and oxygen atoms in total. The van der Waals surface area contributed by atoms with Crippen LogP contribution in [-0.2, 0) is 28.7 Å². The normalized spacial score (nSPS) is 43.6. The molecule has 0 radical (unpaired) electrons. The van der Waals surface area contributed by atoms with E-state index >= 15 is 0 Å². The number of carbonyl (C=O) groups is 4. The Bertz CT molecular complexity index is 3240. The summed E-state index contributed by atoms with van der Waals surface area (Å²) in [5.74, 6) is 12.8. The molecule has 0 aromatic carbocycles. The Balaban J connectivity index is 0.000000172. The van der Waals surface area contributed by atoms with Gasteiger partial charge in [0.2, 0.25) is 0 Å². The number of rotatable bonds is 15. The number of aliphatic hydroxyl groups excluding tert-OH is 1. The zero-order valence-corrected chi connectivity index (χ0v) is 64.3. The van der Waals surface area contributed by atoms with Gasteiger partial charge in [0.25, 0.3) is 0 Å². The summed E-state index contributed by atoms with van der Waals surface area (Å²) in [6, 6.07) is 1.03. The number of methoxy groups -OCH3 is 2. The van der Waals surface area contributed by atoms with Gasteiger partial charge in [0.05, 0.1) is 44.8 Å². The summed E-state index contributed by atoms with van der Waals surface area (Å²) in [6.45, 7) is 27.3. The molecule has 18 heteroatoms. The second-order valence-corrected chi connectivity index (χ2v) is 37.8. The molecule has 2 aromatic heterocycles. The van der Waals surface area contributed by atoms with Crippen molar-refractivity contribution >= 4 is 23.9 Å². The summed E-state index contributed by atoms with van der Waals surface area (Å²) in [6.07, 6.45) is 46.3. The van der Waals surface area contributed by atoms with Gasteiger partial charge in [-0.05, 0) is 317 Å². The quantitative estimate of drug-likeness (QED) is 0.0493. The summed E-state index contributed by atoms with van der Waals surface area (Å²) >= 11 is 0. The van der Waals surface area contributed by atoms with E-state index < -0.39 is 11.9 Å². The van der Waals surface area contributed by atoms with Crippen LogP contribution in [0.3, 0.4) is 0 Å². The van der Waals surface area contributed by atoms with Gasteiger partial charge in [-0.25, -0.2) is 14.2 Å². The molecular weight excluding hydrogens is 1290 g/mol. The summed E-state index contributed by atoms with van der Waals surface area (Å²) in [5.41, 5.74) is 11.6. The van der Waals surface area contributed by atoms with Crippen LogP contribution < -0.4 is 0 Å². The topological polar surface area (TPSA) is 258 Å². The van der Waals surface area contributed by atoms with Crippen LogP contribution in [0.5, 0.6) is 0 Å². The standard InChI is InChI=1S/C28H45N3O2.C26H41N3O3.C26H43N3O2.C3H2O2.2CH4/c1-18-10-12-27(3)20(16-18)17-24(31-15-14-29-30-31)26-22-8-7-21(19(2)6-9-25(32)33-5)28(22,4)13-11-23(26)27;1-16(4-7-23(31)32)19-5-6-20-24-21(9-11-26(19,20)3)25(2)10-8-18(30)14-17(25)15-22(24)29-13-12-27-28-29;1-16-10-12-25(3)18(14-16)15-22(28-29-27)24-20-8-7-19(17(2)6-9-23(30)31-5)26(20,4)13-11-21(24)25;1-2-3(4)5;;/h14-15,18-24,26H,6-13,16-17H2,1-5H3;12-13,16-22,24,30H,4-11,14-15H2,1-3H3,(H,31,32);16-22,24H,6-15H2,1-5H3;1H,(H,4,5);2*1H4/t18-,19-,20?,21-,22?,23?,24+,26?,27+,28-;16-,17?,18-,19-,20?,21?,22+,24?,25+,26-;16-,17-,18?,19-,20?,21?,22+,24?,25+,26-;;;/m111.../s1. The lowest BCUT2D eigenvalue weighted by atomic mass is 9.43. The number of azide groups is 1. The Hall–Kier alpha value is -5.01. The summed E-state index contributed by atoms with van der Waals surface area (Å²) < 4.78 is 14.2. The third-order valence-electron chi connectivity index (χ3n) is 33.6. The fourth-order valence-electron chi connectivity index (χ4n) is 28.4. The number of terminal acetylenes is 1. The van der Waals surface area contributed by atoms with Crippen molar-refractivity contribution in [3.63, 3.8) is 0 Å². The van der Waals surface area contributed by atoms with Crippen LogP contribution in [0.4, 0.5) is 0 Å². The average molecular weight is 1430 g/mol. The SMILES string of the molecule is C.C.C#CC(=O)O.COC(=O)CC[C@@H](C)[C@H]1CCC2C3C(CC[C@@]21C)[C@@]1(C)CC[C@@H](C)CC1C[C@@H]3N=[N+]=[N-].COC(=O)CC[C@@H](C)[C@H]1CCC2C3C(CC[C@@]21C)[C@@]1(C)CC[C@@H](C)CC1C[C@@H]3n1ccnn1.C[C@H](CCC(=O)O)[C@H]1CCC2C3C(CC[C@@]21C)[C@@]1(C)CC[C@@H](O)CC1C[C@@H]3n1ccnn1. The maximum absolute atomic E-state index is 11.8. The number of esters is 2. The summed E-state index contributed by atoms with van der Waals surface area (Å²) in [4.78, 5) is 47.2. The molecule has 30 atom stereocenters. The highest BCUT2D eigenvalue weighted by atomic mass is 16.5. The molecule has 12 saturated carbocycles. The first kappa shape index (κ1) is 82.1. The molecule has 103 heavy (non-hydrogen) atoms. The van der Waals surface area contributed by atoms with E-state index in [1.165, 1.54) is 142 Å². The Kier molecular flexibility index (Phi) is 26.5. The van der Waals surface area contributed by atoms with Crippen molar-refractivity contribution in [2.45, 2.75) is 308 Å². The van der Waals surface area contributed by atoms with Gasteiger partial charge in [0, 0.05) is 48.5 Å². The number of carboxylic acid groups (broad SMARTS) is 2. The first-order valence-electron chi connectivity index (χ1n) is 40.5. The van der Waals surface area contributed by atoms with Gasteiger partial charge in [-0.2, -0.15) is 0 Å². The molecule has 12 fully saturated rings. The fraction of sp³-hybridized carbons (Fsp3) is 0.882. The molecule has 2 aromatic rings. The summed E-state index contributed by atoms with van der Waals surface area (Å²) in [7, 11) is 2.99. The van der Waals surface area contributed by atoms with Gasteiger partial charge in [-0.3, -0.25) is 14.4 Å². The molecule has 14 rings (SSSR count). The number of hydrogen-bond donors (Lipinski definition) is 3. The largest absolute Gasteiger partial charge is 0.481 e. The van der Waals surface area contributed by atoms with E-state index in [2.05, 4.69) is 135 Å². The van der Waals surface area contributed by atoms with Crippen molar-refractivity contribution in [1.82, 2.24) is 30.0 Å². The molecule has 3 N–H and O–H groups in total. The van der Waals surface area contributed by atoms with Crippen LogP contribution in [-0.4, -0.2) is 95.5 Å². The fourth-order valence-corrected chi connectivity index (χ4v) is 28.4. The molecule has 0 spiro atoms. The third kappa shape index (κ3) is 15.7. The lowest BCUT2D eigenvalue weighted by Gasteiger charge is -2.63. The van der Waals surface area contributed by atoms with Crippen LogP contribution in [0.25, 0.3) is 10.4 Å². The first-order valence-corrected chi connectivity index (χ1v) is 40.5. The van der Waals surface area contributed by atoms with Gasteiger partial charge in [-0.15, -0.1) is 16.6 Å². The lowest BCUT2D eigenvalue weighted by molar-refractivity contribution is -0.151. The van der Waals surface area contributed by atoms with E-state index in [0.29, 0.717) is 141 Å². The molecule has 12 unspecified atom stereocenters. The number of fused-ring (bicyclic) bond motifs is 15. The van der Waals surface area contributed by atoms with E-state index in [1.54, 1.807) is 0 Å². The molecule has 0 amide bonds. The van der Waals surface area contributed by atoms with Crippen molar-refractivity contribution in [3.05, 3.63) is 35.2 Å². The Morgan fingerprint density at radius 3 is 1.25 bits per heavy atom. The minimum atomic E-state index is -1.22. The zero-order valence-electron chi connectivity index (χ0n) is 64.3. The van der Waals surface area contributed by atoms with Crippen LogP contribution in [0.1, 0.15) is 296 Å². The van der Waals surface area contributed by atoms with Crippen LogP contribution in [0.2, 0.25) is 0 Å². The second-order valence-electron chi connectivity index (χ2n) is 37.8. The van der Waals surface area contributed by atoms with Crippen LogP contribution >= 0.6 is 0 Å². The predicted molar refractivity (Wildman–Crippen MR) is 404 cm³/mol. The molecule has 2 heterocycles. The lowest BCUT2D eigenvalue weighted by Crippen LogP contribution is -2.57. The van der Waals surface area contributed by atoms with Crippen molar-refractivity contribution in [1.29, 1.82) is 0 Å². The number of aromatic nitrogens is 6. The molecule has 12 aliphatic rings. The van der Waals surface area contributed by atoms with E-state index in [0.717, 1.165) is 81.0 Å².